The first-order chi connectivity index (χ1) is 9.79. The zero-order valence-corrected chi connectivity index (χ0v) is 13.7. The van der Waals surface area contributed by atoms with Gasteiger partial charge in [-0.3, -0.25) is 0 Å². The van der Waals surface area contributed by atoms with Crippen molar-refractivity contribution in [3.8, 4) is 0 Å². The van der Waals surface area contributed by atoms with E-state index in [1.54, 1.807) is 0 Å². The van der Waals surface area contributed by atoms with Crippen molar-refractivity contribution in [1.29, 1.82) is 0 Å². The van der Waals surface area contributed by atoms with Gasteiger partial charge in [-0.25, -0.2) is 0 Å². The summed E-state index contributed by atoms with van der Waals surface area (Å²) in [5, 5.41) is 0.380. The molecular formula is C17H31ClO2. The molecule has 0 amide bonds. The highest BCUT2D eigenvalue weighted by Gasteiger charge is 2.31. The molecule has 0 aromatic rings. The van der Waals surface area contributed by atoms with Crippen molar-refractivity contribution in [2.24, 2.45) is 11.8 Å². The number of hydrogen-bond donors (Lipinski definition) is 0. The number of halogens is 1. The van der Waals surface area contributed by atoms with Crippen LogP contribution >= 0.6 is 11.6 Å². The van der Waals surface area contributed by atoms with E-state index in [-0.39, 0.29) is 6.29 Å². The predicted molar refractivity (Wildman–Crippen MR) is 84.2 cm³/mol. The Hall–Kier alpha value is 0.210. The number of rotatable bonds is 7. The second-order valence-electron chi connectivity index (χ2n) is 6.62. The van der Waals surface area contributed by atoms with E-state index in [1.165, 1.54) is 51.4 Å². The van der Waals surface area contributed by atoms with Gasteiger partial charge in [-0.2, -0.15) is 0 Å². The van der Waals surface area contributed by atoms with Gasteiger partial charge in [0.15, 0.2) is 6.29 Å². The minimum atomic E-state index is 0.0514. The lowest BCUT2D eigenvalue weighted by atomic mass is 9.88. The largest absolute Gasteiger partial charge is 0.352 e. The smallest absolute Gasteiger partial charge is 0.160 e. The van der Waals surface area contributed by atoms with Gasteiger partial charge >= 0.3 is 0 Å². The van der Waals surface area contributed by atoms with Crippen LogP contribution in [0.1, 0.15) is 71.1 Å². The molecule has 1 heterocycles. The molecule has 0 atom stereocenters. The van der Waals surface area contributed by atoms with Gasteiger partial charge in [0.2, 0.25) is 0 Å². The summed E-state index contributed by atoms with van der Waals surface area (Å²) in [6, 6.07) is 0. The second kappa shape index (κ2) is 9.27. The predicted octanol–water partition coefficient (Wildman–Crippen LogP) is 5.13. The van der Waals surface area contributed by atoms with E-state index < -0.39 is 0 Å². The van der Waals surface area contributed by atoms with Crippen LogP contribution in [0.5, 0.6) is 0 Å². The molecule has 1 saturated heterocycles. The number of hydrogen-bond acceptors (Lipinski definition) is 2. The Labute approximate surface area is 129 Å². The summed E-state index contributed by atoms with van der Waals surface area (Å²) in [7, 11) is 0. The molecule has 0 spiro atoms. The Balaban J connectivity index is 1.55. The van der Waals surface area contributed by atoms with Crippen LogP contribution in [-0.2, 0) is 9.47 Å². The molecule has 20 heavy (non-hydrogen) atoms. The van der Waals surface area contributed by atoms with E-state index in [9.17, 15) is 0 Å². The third-order valence-electron chi connectivity index (χ3n) is 4.79. The molecule has 0 unspecified atom stereocenters. The Morgan fingerprint density at radius 3 is 2.20 bits per heavy atom. The van der Waals surface area contributed by atoms with Crippen molar-refractivity contribution in [2.75, 3.05) is 13.2 Å². The fourth-order valence-corrected chi connectivity index (χ4v) is 3.64. The Bertz CT molecular complexity index is 243. The lowest BCUT2D eigenvalue weighted by molar-refractivity contribution is -0.228. The molecule has 0 aromatic carbocycles. The Morgan fingerprint density at radius 1 is 0.900 bits per heavy atom. The maximum atomic E-state index is 6.16. The van der Waals surface area contributed by atoms with Gasteiger partial charge in [-0.05, 0) is 32.1 Å². The fourth-order valence-electron chi connectivity index (χ4n) is 3.38. The summed E-state index contributed by atoms with van der Waals surface area (Å²) in [5.74, 6) is 1.20. The van der Waals surface area contributed by atoms with E-state index >= 15 is 0 Å². The maximum Gasteiger partial charge on any atom is 0.160 e. The van der Waals surface area contributed by atoms with Gasteiger partial charge in [0.05, 0.1) is 13.2 Å². The molecule has 0 radical (unpaired) electrons. The lowest BCUT2D eigenvalue weighted by Gasteiger charge is -2.36. The number of alkyl halides is 1. The van der Waals surface area contributed by atoms with Crippen LogP contribution in [-0.4, -0.2) is 24.9 Å². The maximum absolute atomic E-state index is 6.16. The standard InChI is InChI=1S/C17H31ClO2/c1-2-3-4-5-6-7-14-12-19-17(20-13-14)15-8-10-16(18)11-9-15/h14-17H,2-13H2,1H3. The fraction of sp³-hybridized carbons (Fsp3) is 1.00. The third-order valence-corrected chi connectivity index (χ3v) is 5.23. The molecule has 0 aromatic heterocycles. The van der Waals surface area contributed by atoms with Crippen LogP contribution in [0.4, 0.5) is 0 Å². The van der Waals surface area contributed by atoms with Crippen LogP contribution in [0.15, 0.2) is 0 Å². The molecule has 2 aliphatic rings. The average Bonchev–Trinajstić information content (AvgIpc) is 2.49. The second-order valence-corrected chi connectivity index (χ2v) is 7.23. The van der Waals surface area contributed by atoms with Gasteiger partial charge in [0.25, 0.3) is 0 Å². The minimum Gasteiger partial charge on any atom is -0.352 e. The molecule has 0 bridgehead atoms. The molecule has 2 fully saturated rings. The molecule has 2 nitrogen and oxygen atoms in total. The van der Waals surface area contributed by atoms with Crippen molar-refractivity contribution in [2.45, 2.75) is 82.8 Å². The van der Waals surface area contributed by atoms with Crippen molar-refractivity contribution in [1.82, 2.24) is 0 Å². The number of ether oxygens (including phenoxy) is 2. The van der Waals surface area contributed by atoms with Gasteiger partial charge in [0, 0.05) is 17.2 Å². The summed E-state index contributed by atoms with van der Waals surface area (Å²) in [4.78, 5) is 0. The van der Waals surface area contributed by atoms with Crippen molar-refractivity contribution in [3.05, 3.63) is 0 Å². The quantitative estimate of drug-likeness (QED) is 0.479. The summed E-state index contributed by atoms with van der Waals surface area (Å²) in [6.45, 7) is 4.07. The van der Waals surface area contributed by atoms with Gasteiger partial charge in [-0.15, -0.1) is 11.6 Å². The first kappa shape index (κ1) is 16.6. The molecule has 0 N–H and O–H groups in total. The summed E-state index contributed by atoms with van der Waals surface area (Å²) >= 11 is 6.16. The monoisotopic (exact) mass is 302 g/mol. The highest BCUT2D eigenvalue weighted by molar-refractivity contribution is 6.20. The topological polar surface area (TPSA) is 18.5 Å². The highest BCUT2D eigenvalue weighted by atomic mass is 35.5. The highest BCUT2D eigenvalue weighted by Crippen LogP contribution is 2.33. The molecule has 1 aliphatic heterocycles. The summed E-state index contributed by atoms with van der Waals surface area (Å²) < 4.78 is 12.0. The lowest BCUT2D eigenvalue weighted by Crippen LogP contribution is -2.38. The molecular weight excluding hydrogens is 272 g/mol. The van der Waals surface area contributed by atoms with Crippen LogP contribution in [0.3, 0.4) is 0 Å². The van der Waals surface area contributed by atoms with Crippen LogP contribution in [0.25, 0.3) is 0 Å². The third kappa shape index (κ3) is 5.54. The first-order valence-electron chi connectivity index (χ1n) is 8.67. The van der Waals surface area contributed by atoms with Gasteiger partial charge in [0.1, 0.15) is 0 Å². The zero-order chi connectivity index (χ0) is 14.2. The van der Waals surface area contributed by atoms with Crippen LogP contribution in [0.2, 0.25) is 0 Å². The normalized spacial score (nSPS) is 35.1. The Kier molecular flexibility index (Phi) is 7.69. The van der Waals surface area contributed by atoms with Gasteiger partial charge < -0.3 is 9.47 Å². The SMILES string of the molecule is CCCCCCCC1COC(C2CCC(Cl)CC2)OC1. The van der Waals surface area contributed by atoms with Crippen LogP contribution in [0, 0.1) is 11.8 Å². The van der Waals surface area contributed by atoms with Crippen molar-refractivity contribution < 1.29 is 9.47 Å². The molecule has 118 valence electrons. The van der Waals surface area contributed by atoms with Crippen LogP contribution < -0.4 is 0 Å². The van der Waals surface area contributed by atoms with E-state index in [1.807, 2.05) is 0 Å². The molecule has 1 saturated carbocycles. The average molecular weight is 303 g/mol. The minimum absolute atomic E-state index is 0.0514. The van der Waals surface area contributed by atoms with Gasteiger partial charge in [-0.1, -0.05) is 39.0 Å². The molecule has 1 aliphatic carbocycles. The molecule has 3 heteroatoms. The van der Waals surface area contributed by atoms with E-state index in [4.69, 9.17) is 21.1 Å². The Morgan fingerprint density at radius 2 is 1.55 bits per heavy atom. The van der Waals surface area contributed by atoms with E-state index in [2.05, 4.69) is 6.92 Å². The summed E-state index contributed by atoms with van der Waals surface area (Å²) in [5.41, 5.74) is 0. The van der Waals surface area contributed by atoms with Crippen molar-refractivity contribution >= 4 is 11.6 Å². The number of unbranched alkanes of at least 4 members (excludes halogenated alkanes) is 4. The zero-order valence-electron chi connectivity index (χ0n) is 13.0. The summed E-state index contributed by atoms with van der Waals surface area (Å²) in [6.07, 6.45) is 12.7. The van der Waals surface area contributed by atoms with E-state index in [0.717, 1.165) is 26.1 Å². The molecule has 2 rings (SSSR count). The first-order valence-corrected chi connectivity index (χ1v) is 9.10. The van der Waals surface area contributed by atoms with Crippen molar-refractivity contribution in [3.63, 3.8) is 0 Å². The van der Waals surface area contributed by atoms with E-state index in [0.29, 0.717) is 17.2 Å².